The Morgan fingerprint density at radius 2 is 1.84 bits per heavy atom. The maximum Gasteiger partial charge on any atom is 0.276 e. The molecule has 0 bridgehead atoms. The van der Waals surface area contributed by atoms with Crippen molar-refractivity contribution in [2.45, 2.75) is 27.3 Å². The van der Waals surface area contributed by atoms with Crippen LogP contribution in [0, 0.1) is 0 Å². The first kappa shape index (κ1) is 18.4. The molecule has 1 heterocycles. The van der Waals surface area contributed by atoms with Gasteiger partial charge in [-0.3, -0.25) is 9.59 Å². The van der Waals surface area contributed by atoms with Crippen molar-refractivity contribution in [1.82, 2.24) is 9.99 Å². The van der Waals surface area contributed by atoms with Gasteiger partial charge in [-0.1, -0.05) is 12.1 Å². The smallest absolute Gasteiger partial charge is 0.276 e. The summed E-state index contributed by atoms with van der Waals surface area (Å²) < 4.78 is 1.48. The highest BCUT2D eigenvalue weighted by molar-refractivity contribution is 5.94. The summed E-state index contributed by atoms with van der Waals surface area (Å²) in [6, 6.07) is 11.1. The molecule has 0 saturated heterocycles. The molecular weight excluding hydrogens is 316 g/mol. The van der Waals surface area contributed by atoms with Crippen LogP contribution in [0.25, 0.3) is 0 Å². The Balaban J connectivity index is 2.03. The summed E-state index contributed by atoms with van der Waals surface area (Å²) in [7, 11) is 0. The molecule has 0 aliphatic heterocycles. The van der Waals surface area contributed by atoms with Crippen molar-refractivity contribution in [3.63, 3.8) is 0 Å². The number of amides is 1. The molecule has 0 aliphatic carbocycles. The number of hydrogen-bond acceptors (Lipinski definition) is 4. The zero-order valence-electron chi connectivity index (χ0n) is 14.9. The van der Waals surface area contributed by atoms with E-state index in [0.29, 0.717) is 6.54 Å². The van der Waals surface area contributed by atoms with Gasteiger partial charge in [-0.15, -0.1) is 0 Å². The standard InChI is InChI=1S/C19H24N4O2/c1-4-22(5-2)16-11-9-15(10-12-16)14-20-21-18(24)17-8-7-13-23(6-3)19(17)25/h7-14H,4-6H2,1-3H3,(H,21,24)/b20-14-. The third-order valence-corrected chi connectivity index (χ3v) is 4.01. The quantitative estimate of drug-likeness (QED) is 0.622. The van der Waals surface area contributed by atoms with Gasteiger partial charge >= 0.3 is 0 Å². The van der Waals surface area contributed by atoms with E-state index in [2.05, 4.69) is 29.3 Å². The fourth-order valence-electron chi connectivity index (χ4n) is 2.54. The van der Waals surface area contributed by atoms with Crippen LogP contribution in [0.5, 0.6) is 0 Å². The first-order chi connectivity index (χ1) is 12.1. The van der Waals surface area contributed by atoms with E-state index >= 15 is 0 Å². The van der Waals surface area contributed by atoms with Crippen LogP contribution >= 0.6 is 0 Å². The Morgan fingerprint density at radius 1 is 1.16 bits per heavy atom. The Labute approximate surface area is 147 Å². The first-order valence-electron chi connectivity index (χ1n) is 8.48. The monoisotopic (exact) mass is 340 g/mol. The number of carbonyl (C=O) groups is 1. The van der Waals surface area contributed by atoms with Crippen LogP contribution < -0.4 is 15.9 Å². The van der Waals surface area contributed by atoms with Gasteiger partial charge in [0.25, 0.3) is 11.5 Å². The third-order valence-electron chi connectivity index (χ3n) is 4.01. The number of hydrogen-bond donors (Lipinski definition) is 1. The molecular formula is C19H24N4O2. The van der Waals surface area contributed by atoms with Crippen LogP contribution in [0.15, 0.2) is 52.5 Å². The second kappa shape index (κ2) is 8.82. The maximum atomic E-state index is 12.1. The molecule has 6 heteroatoms. The summed E-state index contributed by atoms with van der Waals surface area (Å²) >= 11 is 0. The third kappa shape index (κ3) is 4.56. The summed E-state index contributed by atoms with van der Waals surface area (Å²) in [6.07, 6.45) is 3.21. The Hall–Kier alpha value is -2.89. The number of nitrogens with zero attached hydrogens (tertiary/aromatic N) is 3. The van der Waals surface area contributed by atoms with Gasteiger partial charge in [0.05, 0.1) is 6.21 Å². The molecule has 0 aliphatic rings. The zero-order valence-corrected chi connectivity index (χ0v) is 14.9. The molecule has 1 aromatic carbocycles. The van der Waals surface area contributed by atoms with Gasteiger partial charge in [0.2, 0.25) is 0 Å². The van der Waals surface area contributed by atoms with Crippen molar-refractivity contribution < 1.29 is 4.79 Å². The number of nitrogens with one attached hydrogen (secondary N) is 1. The highest BCUT2D eigenvalue weighted by Crippen LogP contribution is 2.13. The normalized spacial score (nSPS) is 10.8. The minimum absolute atomic E-state index is 0.0818. The number of carbonyl (C=O) groups excluding carboxylic acids is 1. The molecule has 0 fully saturated rings. The van der Waals surface area contributed by atoms with E-state index in [9.17, 15) is 9.59 Å². The Morgan fingerprint density at radius 3 is 2.44 bits per heavy atom. The van der Waals surface area contributed by atoms with Crippen LogP contribution in [0.1, 0.15) is 36.7 Å². The van der Waals surface area contributed by atoms with Crippen molar-refractivity contribution >= 4 is 17.8 Å². The van der Waals surface area contributed by atoms with Crippen LogP contribution in [-0.2, 0) is 6.54 Å². The predicted molar refractivity (Wildman–Crippen MR) is 101 cm³/mol. The second-order valence-corrected chi connectivity index (χ2v) is 5.48. The number of hydrazone groups is 1. The van der Waals surface area contributed by atoms with Gasteiger partial charge in [-0.05, 0) is 50.6 Å². The van der Waals surface area contributed by atoms with E-state index in [1.165, 1.54) is 10.6 Å². The van der Waals surface area contributed by atoms with Crippen molar-refractivity contribution in [3.8, 4) is 0 Å². The molecule has 132 valence electrons. The van der Waals surface area contributed by atoms with Gasteiger partial charge in [-0.25, -0.2) is 5.43 Å². The second-order valence-electron chi connectivity index (χ2n) is 5.48. The molecule has 1 aromatic heterocycles. The lowest BCUT2D eigenvalue weighted by atomic mass is 10.2. The summed E-state index contributed by atoms with van der Waals surface area (Å²) in [4.78, 5) is 26.4. The molecule has 0 unspecified atom stereocenters. The van der Waals surface area contributed by atoms with Crippen molar-refractivity contribution in [2.24, 2.45) is 5.10 Å². The molecule has 25 heavy (non-hydrogen) atoms. The largest absolute Gasteiger partial charge is 0.372 e. The Kier molecular flexibility index (Phi) is 6.51. The van der Waals surface area contributed by atoms with Crippen molar-refractivity contribution in [3.05, 3.63) is 64.1 Å². The van der Waals surface area contributed by atoms with Gasteiger partial charge < -0.3 is 9.47 Å². The molecule has 0 radical (unpaired) electrons. The van der Waals surface area contributed by atoms with Gasteiger partial charge in [0.15, 0.2) is 0 Å². The fourth-order valence-corrected chi connectivity index (χ4v) is 2.54. The summed E-state index contributed by atoms with van der Waals surface area (Å²) in [5, 5.41) is 3.94. The summed E-state index contributed by atoms with van der Waals surface area (Å²) in [5.41, 5.74) is 4.19. The van der Waals surface area contributed by atoms with Crippen LogP contribution in [0.4, 0.5) is 5.69 Å². The van der Waals surface area contributed by atoms with Gasteiger partial charge in [-0.2, -0.15) is 5.10 Å². The molecule has 2 aromatic rings. The van der Waals surface area contributed by atoms with E-state index in [0.717, 1.165) is 24.3 Å². The lowest BCUT2D eigenvalue weighted by molar-refractivity contribution is 0.0953. The van der Waals surface area contributed by atoms with E-state index in [-0.39, 0.29) is 11.1 Å². The predicted octanol–water partition coefficient (Wildman–Crippen LogP) is 2.48. The van der Waals surface area contributed by atoms with E-state index in [1.54, 1.807) is 18.5 Å². The van der Waals surface area contributed by atoms with E-state index in [1.807, 2.05) is 31.2 Å². The molecule has 2 rings (SSSR count). The van der Waals surface area contributed by atoms with Crippen molar-refractivity contribution in [1.29, 1.82) is 0 Å². The van der Waals surface area contributed by atoms with E-state index < -0.39 is 5.91 Å². The van der Waals surface area contributed by atoms with Crippen LogP contribution in [0.3, 0.4) is 0 Å². The number of aryl methyl sites for hydroxylation is 1. The minimum Gasteiger partial charge on any atom is -0.372 e. The first-order valence-corrected chi connectivity index (χ1v) is 8.48. The highest BCUT2D eigenvalue weighted by Gasteiger charge is 2.10. The van der Waals surface area contributed by atoms with Crippen molar-refractivity contribution in [2.75, 3.05) is 18.0 Å². The molecule has 0 saturated carbocycles. The van der Waals surface area contributed by atoms with Crippen LogP contribution in [0.2, 0.25) is 0 Å². The topological polar surface area (TPSA) is 66.7 Å². The number of aromatic nitrogens is 1. The fraction of sp³-hybridized carbons (Fsp3) is 0.316. The number of pyridine rings is 1. The maximum absolute atomic E-state index is 12.1. The lowest BCUT2D eigenvalue weighted by Crippen LogP contribution is -2.30. The molecule has 6 nitrogen and oxygen atoms in total. The van der Waals surface area contributed by atoms with E-state index in [4.69, 9.17) is 0 Å². The molecule has 1 amide bonds. The molecule has 1 N–H and O–H groups in total. The lowest BCUT2D eigenvalue weighted by Gasteiger charge is -2.20. The zero-order chi connectivity index (χ0) is 18.2. The summed E-state index contributed by atoms with van der Waals surface area (Å²) in [6.45, 7) is 8.50. The molecule has 0 spiro atoms. The average Bonchev–Trinajstić information content (AvgIpc) is 2.64. The SMILES string of the molecule is CCN(CC)c1ccc(/C=N\NC(=O)c2cccn(CC)c2=O)cc1. The summed E-state index contributed by atoms with van der Waals surface area (Å²) in [5.74, 6) is -0.510. The minimum atomic E-state index is -0.510. The van der Waals surface area contributed by atoms with Crippen LogP contribution in [-0.4, -0.2) is 29.8 Å². The highest BCUT2D eigenvalue weighted by atomic mass is 16.2. The van der Waals surface area contributed by atoms with Gasteiger partial charge in [0, 0.05) is 31.5 Å². The average molecular weight is 340 g/mol. The molecule has 0 atom stereocenters. The number of rotatable bonds is 7. The van der Waals surface area contributed by atoms with Gasteiger partial charge in [0.1, 0.15) is 5.56 Å². The number of benzene rings is 1. The Bertz CT molecular complexity index is 790. The number of anilines is 1.